The molecular weight excluding hydrogens is 310 g/mol. The summed E-state index contributed by atoms with van der Waals surface area (Å²) in [6.07, 6.45) is 1.38. The first-order valence-electron chi connectivity index (χ1n) is 6.03. The van der Waals surface area contributed by atoms with Gasteiger partial charge in [0.1, 0.15) is 9.84 Å². The van der Waals surface area contributed by atoms with Gasteiger partial charge in [0.25, 0.3) is 0 Å². The van der Waals surface area contributed by atoms with Crippen molar-refractivity contribution in [3.8, 4) is 0 Å². The van der Waals surface area contributed by atoms with Crippen molar-refractivity contribution < 1.29 is 31.5 Å². The lowest BCUT2D eigenvalue weighted by molar-refractivity contribution is -0.154. The largest absolute Gasteiger partial charge is 0.481 e. The monoisotopic (exact) mass is 329 g/mol. The van der Waals surface area contributed by atoms with Gasteiger partial charge in [-0.2, -0.15) is 0 Å². The third-order valence-corrected chi connectivity index (χ3v) is 5.79. The third kappa shape index (κ3) is 5.35. The summed E-state index contributed by atoms with van der Waals surface area (Å²) in [4.78, 5) is 11.3. The smallest absolute Gasteiger partial charge is 0.311 e. The summed E-state index contributed by atoms with van der Waals surface area (Å²) in [5.74, 6) is -2.14. The normalized spacial score (nSPS) is 19.6. The zero-order chi connectivity index (χ0) is 15.4. The second-order valence-corrected chi connectivity index (χ2v) is 9.15. The van der Waals surface area contributed by atoms with E-state index in [4.69, 9.17) is 4.74 Å². The zero-order valence-electron chi connectivity index (χ0n) is 11.2. The van der Waals surface area contributed by atoms with E-state index < -0.39 is 42.8 Å². The second-order valence-electron chi connectivity index (χ2n) is 4.97. The standard InChI is InChI=1S/C10H19NO7S2/c1-19(14,15)6-7-20(16,17)11-8-10(9(12)13)2-4-18-5-3-10/h11H,2-8H2,1H3,(H,12,13). The Hall–Kier alpha value is -0.710. The SMILES string of the molecule is CS(=O)(=O)CCS(=O)(=O)NCC1(C(=O)O)CCOCC1. The molecule has 1 aliphatic heterocycles. The quantitative estimate of drug-likeness (QED) is 0.602. The summed E-state index contributed by atoms with van der Waals surface area (Å²) in [6.45, 7) is 0.270. The van der Waals surface area contributed by atoms with Crippen LogP contribution in [0.3, 0.4) is 0 Å². The van der Waals surface area contributed by atoms with E-state index in [0.717, 1.165) is 6.26 Å². The van der Waals surface area contributed by atoms with Crippen molar-refractivity contribution in [2.45, 2.75) is 12.8 Å². The first-order chi connectivity index (χ1) is 9.06. The van der Waals surface area contributed by atoms with Crippen LogP contribution in [0.5, 0.6) is 0 Å². The fourth-order valence-corrected chi connectivity index (χ4v) is 4.54. The lowest BCUT2D eigenvalue weighted by Crippen LogP contribution is -2.47. The van der Waals surface area contributed by atoms with Crippen LogP contribution in [0.4, 0.5) is 0 Å². The van der Waals surface area contributed by atoms with Gasteiger partial charge in [-0.05, 0) is 12.8 Å². The molecule has 1 rings (SSSR count). The Morgan fingerprint density at radius 1 is 1.20 bits per heavy atom. The summed E-state index contributed by atoms with van der Waals surface area (Å²) in [5, 5.41) is 9.26. The van der Waals surface area contributed by atoms with Gasteiger partial charge in [0.15, 0.2) is 0 Å². The predicted octanol–water partition coefficient (Wildman–Crippen LogP) is -1.17. The van der Waals surface area contributed by atoms with Gasteiger partial charge < -0.3 is 9.84 Å². The lowest BCUT2D eigenvalue weighted by atomic mass is 9.80. The number of sulfone groups is 1. The van der Waals surface area contributed by atoms with Gasteiger partial charge in [-0.1, -0.05) is 0 Å². The molecule has 0 spiro atoms. The Kier molecular flexibility index (Phi) is 5.53. The number of hydrogen-bond acceptors (Lipinski definition) is 6. The van der Waals surface area contributed by atoms with Crippen LogP contribution in [0.1, 0.15) is 12.8 Å². The summed E-state index contributed by atoms with van der Waals surface area (Å²) in [5.41, 5.74) is -1.18. The van der Waals surface area contributed by atoms with Gasteiger partial charge in [0, 0.05) is 26.0 Å². The highest BCUT2D eigenvalue weighted by atomic mass is 32.2. The molecule has 1 aliphatic rings. The Morgan fingerprint density at radius 2 is 1.75 bits per heavy atom. The summed E-state index contributed by atoms with van der Waals surface area (Å²) in [7, 11) is -7.21. The van der Waals surface area contributed by atoms with Crippen LogP contribution in [-0.4, -0.2) is 65.4 Å². The van der Waals surface area contributed by atoms with Crippen LogP contribution in [0.2, 0.25) is 0 Å². The van der Waals surface area contributed by atoms with Gasteiger partial charge >= 0.3 is 5.97 Å². The highest BCUT2D eigenvalue weighted by Crippen LogP contribution is 2.30. The second kappa shape index (κ2) is 6.37. The van der Waals surface area contributed by atoms with Gasteiger partial charge in [-0.3, -0.25) is 4.79 Å². The molecule has 0 unspecified atom stereocenters. The molecule has 0 aliphatic carbocycles. The van der Waals surface area contributed by atoms with Crippen LogP contribution in [0.25, 0.3) is 0 Å². The maximum atomic E-state index is 11.7. The van der Waals surface area contributed by atoms with E-state index in [2.05, 4.69) is 4.72 Å². The van der Waals surface area contributed by atoms with E-state index in [1.807, 2.05) is 0 Å². The van der Waals surface area contributed by atoms with Crippen molar-refractivity contribution in [2.75, 3.05) is 37.5 Å². The van der Waals surface area contributed by atoms with Crippen molar-refractivity contribution in [1.82, 2.24) is 4.72 Å². The fraction of sp³-hybridized carbons (Fsp3) is 0.900. The van der Waals surface area contributed by atoms with Crippen molar-refractivity contribution in [1.29, 1.82) is 0 Å². The molecule has 2 N–H and O–H groups in total. The number of nitrogens with one attached hydrogen (secondary N) is 1. The minimum atomic E-state index is -3.82. The highest BCUT2D eigenvalue weighted by molar-refractivity contribution is 7.93. The van der Waals surface area contributed by atoms with Crippen LogP contribution in [-0.2, 0) is 29.4 Å². The molecule has 0 atom stereocenters. The first-order valence-corrected chi connectivity index (χ1v) is 9.74. The minimum Gasteiger partial charge on any atom is -0.481 e. The summed E-state index contributed by atoms with van der Waals surface area (Å²) in [6, 6.07) is 0. The Bertz CT molecular complexity index is 546. The maximum Gasteiger partial charge on any atom is 0.311 e. The Balaban J connectivity index is 2.65. The molecule has 0 saturated carbocycles. The van der Waals surface area contributed by atoms with E-state index in [0.29, 0.717) is 0 Å². The van der Waals surface area contributed by atoms with E-state index in [1.54, 1.807) is 0 Å². The number of carboxylic acid groups (broad SMARTS) is 1. The maximum absolute atomic E-state index is 11.7. The molecule has 0 aromatic heterocycles. The van der Waals surface area contributed by atoms with Crippen molar-refractivity contribution in [3.63, 3.8) is 0 Å². The van der Waals surface area contributed by atoms with E-state index >= 15 is 0 Å². The van der Waals surface area contributed by atoms with Crippen LogP contribution < -0.4 is 4.72 Å². The molecule has 118 valence electrons. The molecule has 1 saturated heterocycles. The lowest BCUT2D eigenvalue weighted by Gasteiger charge is -2.33. The molecule has 0 aromatic rings. The van der Waals surface area contributed by atoms with Gasteiger partial charge in [0.2, 0.25) is 10.0 Å². The molecule has 0 amide bonds. The zero-order valence-corrected chi connectivity index (χ0v) is 12.8. The Morgan fingerprint density at radius 3 is 2.20 bits per heavy atom. The molecule has 10 heteroatoms. The highest BCUT2D eigenvalue weighted by Gasteiger charge is 2.40. The average Bonchev–Trinajstić information content (AvgIpc) is 2.35. The molecule has 1 heterocycles. The molecule has 0 aromatic carbocycles. The van der Waals surface area contributed by atoms with Gasteiger partial charge in [0.05, 0.1) is 16.9 Å². The van der Waals surface area contributed by atoms with Gasteiger partial charge in [-0.25, -0.2) is 21.6 Å². The van der Waals surface area contributed by atoms with Crippen LogP contribution in [0.15, 0.2) is 0 Å². The number of hydrogen-bond donors (Lipinski definition) is 2. The first kappa shape index (κ1) is 17.3. The molecule has 0 radical (unpaired) electrons. The third-order valence-electron chi connectivity index (χ3n) is 3.26. The summed E-state index contributed by atoms with van der Waals surface area (Å²) < 4.78 is 52.5. The van der Waals surface area contributed by atoms with Gasteiger partial charge in [-0.15, -0.1) is 0 Å². The number of rotatable bonds is 7. The van der Waals surface area contributed by atoms with Crippen molar-refractivity contribution in [2.24, 2.45) is 5.41 Å². The van der Waals surface area contributed by atoms with E-state index in [-0.39, 0.29) is 32.6 Å². The van der Waals surface area contributed by atoms with Crippen LogP contribution >= 0.6 is 0 Å². The number of carbonyl (C=O) groups is 1. The molecule has 8 nitrogen and oxygen atoms in total. The van der Waals surface area contributed by atoms with Crippen LogP contribution in [0, 0.1) is 5.41 Å². The van der Waals surface area contributed by atoms with Crippen molar-refractivity contribution in [3.05, 3.63) is 0 Å². The topological polar surface area (TPSA) is 127 Å². The molecule has 1 fully saturated rings. The van der Waals surface area contributed by atoms with E-state index in [9.17, 15) is 26.7 Å². The minimum absolute atomic E-state index is 0.219. The summed E-state index contributed by atoms with van der Waals surface area (Å²) >= 11 is 0. The van der Waals surface area contributed by atoms with E-state index in [1.165, 1.54) is 0 Å². The molecule has 0 bridgehead atoms. The number of ether oxygens (including phenoxy) is 1. The fourth-order valence-electron chi connectivity index (χ4n) is 1.81. The number of aliphatic carboxylic acids is 1. The number of carboxylic acids is 1. The molecular formula is C10H19NO7S2. The number of sulfonamides is 1. The average molecular weight is 329 g/mol. The van der Waals surface area contributed by atoms with Crippen molar-refractivity contribution >= 4 is 25.8 Å². The Labute approximate surface area is 118 Å². The predicted molar refractivity (Wildman–Crippen MR) is 71.6 cm³/mol. The molecule has 20 heavy (non-hydrogen) atoms.